The van der Waals surface area contributed by atoms with E-state index in [4.69, 9.17) is 19.5 Å². The molecule has 0 spiro atoms. The number of carbonyl (C=O) groups excluding carboxylic acids is 1. The van der Waals surface area contributed by atoms with Gasteiger partial charge in [-0.3, -0.25) is 0 Å². The maximum atomic E-state index is 11.7. The van der Waals surface area contributed by atoms with Crippen LogP contribution in [-0.4, -0.2) is 26.3 Å². The molecule has 0 N–H and O–H groups in total. The maximum absolute atomic E-state index is 11.7. The molecule has 0 aliphatic heterocycles. The van der Waals surface area contributed by atoms with E-state index < -0.39 is 5.97 Å². The number of methoxy groups -OCH3 is 1. The zero-order valence-corrected chi connectivity index (χ0v) is 17.5. The van der Waals surface area contributed by atoms with Crippen LogP contribution in [0.2, 0.25) is 0 Å². The van der Waals surface area contributed by atoms with Crippen molar-refractivity contribution in [2.45, 2.75) is 65.2 Å². The Labute approximate surface area is 169 Å². The van der Waals surface area contributed by atoms with Gasteiger partial charge in [-0.15, -0.1) is 0 Å². The first-order chi connectivity index (χ1) is 13.7. The molecule has 1 rings (SSSR count). The SMILES string of the molecule is CCCCCCCCCCOc1ccc(/C=C(\C#N)C(=O)OCC)cc1OC. The van der Waals surface area contributed by atoms with Crippen LogP contribution in [0.5, 0.6) is 11.5 Å². The molecule has 0 heterocycles. The first kappa shape index (κ1) is 23.6. The predicted octanol–water partition coefficient (Wildman–Crippen LogP) is 5.68. The van der Waals surface area contributed by atoms with Gasteiger partial charge in [0.05, 0.1) is 20.3 Å². The summed E-state index contributed by atoms with van der Waals surface area (Å²) in [5.41, 5.74) is 0.636. The minimum Gasteiger partial charge on any atom is -0.493 e. The number of unbranched alkanes of at least 4 members (excludes halogenated alkanes) is 7. The van der Waals surface area contributed by atoms with Gasteiger partial charge in [0.2, 0.25) is 0 Å². The molecule has 28 heavy (non-hydrogen) atoms. The lowest BCUT2D eigenvalue weighted by Gasteiger charge is -2.11. The molecule has 0 radical (unpaired) electrons. The third kappa shape index (κ3) is 8.94. The van der Waals surface area contributed by atoms with Crippen molar-refractivity contribution < 1.29 is 19.0 Å². The summed E-state index contributed by atoms with van der Waals surface area (Å²) in [7, 11) is 1.57. The molecule has 0 amide bonds. The summed E-state index contributed by atoms with van der Waals surface area (Å²) in [5.74, 6) is 0.616. The lowest BCUT2D eigenvalue weighted by Crippen LogP contribution is -2.06. The number of carbonyl (C=O) groups is 1. The molecule has 0 unspecified atom stereocenters. The topological polar surface area (TPSA) is 68.5 Å². The molecule has 154 valence electrons. The molecular weight excluding hydrogens is 354 g/mol. The van der Waals surface area contributed by atoms with Crippen LogP contribution in [0.25, 0.3) is 6.08 Å². The molecule has 0 aromatic heterocycles. The minimum atomic E-state index is -0.626. The van der Waals surface area contributed by atoms with Crippen molar-refractivity contribution in [1.29, 1.82) is 5.26 Å². The minimum absolute atomic E-state index is 0.0449. The monoisotopic (exact) mass is 387 g/mol. The van der Waals surface area contributed by atoms with Crippen molar-refractivity contribution in [1.82, 2.24) is 0 Å². The number of nitrogens with zero attached hydrogens (tertiary/aromatic N) is 1. The van der Waals surface area contributed by atoms with E-state index in [1.807, 2.05) is 6.07 Å². The van der Waals surface area contributed by atoms with E-state index in [1.54, 1.807) is 32.2 Å². The lowest BCUT2D eigenvalue weighted by molar-refractivity contribution is -0.137. The van der Waals surface area contributed by atoms with Crippen LogP contribution < -0.4 is 9.47 Å². The molecule has 0 fully saturated rings. The summed E-state index contributed by atoms with van der Waals surface area (Å²) in [6.07, 6.45) is 11.5. The van der Waals surface area contributed by atoms with E-state index >= 15 is 0 Å². The van der Waals surface area contributed by atoms with Gasteiger partial charge in [-0.1, -0.05) is 57.9 Å². The van der Waals surface area contributed by atoms with E-state index in [0.29, 0.717) is 23.7 Å². The van der Waals surface area contributed by atoms with Gasteiger partial charge in [-0.2, -0.15) is 5.26 Å². The number of nitriles is 1. The Morgan fingerprint density at radius 2 is 1.71 bits per heavy atom. The molecule has 0 saturated heterocycles. The fourth-order valence-corrected chi connectivity index (χ4v) is 2.82. The average Bonchev–Trinajstić information content (AvgIpc) is 2.71. The molecule has 0 bridgehead atoms. The number of rotatable bonds is 14. The number of ether oxygens (including phenoxy) is 3. The first-order valence-corrected chi connectivity index (χ1v) is 10.3. The normalized spacial score (nSPS) is 11.0. The number of hydrogen-bond donors (Lipinski definition) is 0. The largest absolute Gasteiger partial charge is 0.493 e. The summed E-state index contributed by atoms with van der Waals surface area (Å²) >= 11 is 0. The highest BCUT2D eigenvalue weighted by Gasteiger charge is 2.11. The zero-order valence-electron chi connectivity index (χ0n) is 17.5. The standard InChI is InChI=1S/C23H33NO4/c1-4-6-7-8-9-10-11-12-15-28-21-14-13-19(17-22(21)26-3)16-20(18-24)23(25)27-5-2/h13-14,16-17H,4-12,15H2,1-3H3/b20-16+. The van der Waals surface area contributed by atoms with Gasteiger partial charge < -0.3 is 14.2 Å². The highest BCUT2D eigenvalue weighted by molar-refractivity contribution is 5.97. The summed E-state index contributed by atoms with van der Waals surface area (Å²) in [6, 6.07) is 7.22. The molecule has 1 aromatic carbocycles. The number of hydrogen-bond acceptors (Lipinski definition) is 5. The molecule has 5 nitrogen and oxygen atoms in total. The Balaban J connectivity index is 2.52. The van der Waals surface area contributed by atoms with Crippen LogP contribution in [-0.2, 0) is 9.53 Å². The van der Waals surface area contributed by atoms with Crippen LogP contribution in [0.3, 0.4) is 0 Å². The quantitative estimate of drug-likeness (QED) is 0.178. The second kappa shape index (κ2) is 14.6. The van der Waals surface area contributed by atoms with Gasteiger partial charge in [0.15, 0.2) is 11.5 Å². The van der Waals surface area contributed by atoms with Gasteiger partial charge in [-0.25, -0.2) is 4.79 Å². The van der Waals surface area contributed by atoms with Gasteiger partial charge in [-0.05, 0) is 37.1 Å². The predicted molar refractivity (Wildman–Crippen MR) is 111 cm³/mol. The van der Waals surface area contributed by atoms with Crippen LogP contribution in [0.4, 0.5) is 0 Å². The molecule has 0 saturated carbocycles. The molecule has 5 heteroatoms. The van der Waals surface area contributed by atoms with E-state index in [0.717, 1.165) is 6.42 Å². The maximum Gasteiger partial charge on any atom is 0.348 e. The van der Waals surface area contributed by atoms with E-state index in [1.165, 1.54) is 51.0 Å². The van der Waals surface area contributed by atoms with Crippen molar-refractivity contribution in [2.75, 3.05) is 20.3 Å². The van der Waals surface area contributed by atoms with Gasteiger partial charge >= 0.3 is 5.97 Å². The Bertz CT molecular complexity index is 661. The van der Waals surface area contributed by atoms with Crippen LogP contribution in [0, 0.1) is 11.3 Å². The summed E-state index contributed by atoms with van der Waals surface area (Å²) < 4.78 is 16.1. The number of esters is 1. The van der Waals surface area contributed by atoms with Crippen molar-refractivity contribution in [3.05, 3.63) is 29.3 Å². The highest BCUT2D eigenvalue weighted by atomic mass is 16.5. The third-order valence-electron chi connectivity index (χ3n) is 4.37. The van der Waals surface area contributed by atoms with E-state index in [2.05, 4.69) is 6.92 Å². The van der Waals surface area contributed by atoms with Gasteiger partial charge in [0.1, 0.15) is 11.6 Å². The van der Waals surface area contributed by atoms with Gasteiger partial charge in [0, 0.05) is 0 Å². The fourth-order valence-electron chi connectivity index (χ4n) is 2.82. The van der Waals surface area contributed by atoms with Crippen LogP contribution in [0.1, 0.15) is 70.8 Å². The molecular formula is C23H33NO4. The third-order valence-corrected chi connectivity index (χ3v) is 4.37. The zero-order chi connectivity index (χ0) is 20.6. The first-order valence-electron chi connectivity index (χ1n) is 10.3. The Hall–Kier alpha value is -2.48. The molecule has 1 aromatic rings. The highest BCUT2D eigenvalue weighted by Crippen LogP contribution is 2.29. The van der Waals surface area contributed by atoms with Gasteiger partial charge in [0.25, 0.3) is 0 Å². The van der Waals surface area contributed by atoms with Crippen molar-refractivity contribution in [3.63, 3.8) is 0 Å². The van der Waals surface area contributed by atoms with Crippen LogP contribution >= 0.6 is 0 Å². The second-order valence-corrected chi connectivity index (χ2v) is 6.62. The molecule has 0 aliphatic rings. The average molecular weight is 388 g/mol. The Morgan fingerprint density at radius 1 is 1.04 bits per heavy atom. The van der Waals surface area contributed by atoms with E-state index in [-0.39, 0.29) is 12.2 Å². The summed E-state index contributed by atoms with van der Waals surface area (Å²) in [6.45, 7) is 4.81. The lowest BCUT2D eigenvalue weighted by atomic mass is 10.1. The van der Waals surface area contributed by atoms with Crippen molar-refractivity contribution >= 4 is 12.0 Å². The van der Waals surface area contributed by atoms with E-state index in [9.17, 15) is 4.79 Å². The Kier molecular flexibility index (Phi) is 12.3. The summed E-state index contributed by atoms with van der Waals surface area (Å²) in [5, 5.41) is 9.14. The fraction of sp³-hybridized carbons (Fsp3) is 0.565. The van der Waals surface area contributed by atoms with Crippen molar-refractivity contribution in [3.8, 4) is 17.6 Å². The number of benzene rings is 1. The summed E-state index contributed by atoms with van der Waals surface area (Å²) in [4.78, 5) is 11.7. The van der Waals surface area contributed by atoms with Crippen LogP contribution in [0.15, 0.2) is 23.8 Å². The second-order valence-electron chi connectivity index (χ2n) is 6.62. The smallest absolute Gasteiger partial charge is 0.348 e. The molecule has 0 aliphatic carbocycles. The Morgan fingerprint density at radius 3 is 2.32 bits per heavy atom. The van der Waals surface area contributed by atoms with Crippen molar-refractivity contribution in [2.24, 2.45) is 0 Å². The molecule has 0 atom stereocenters.